The van der Waals surface area contributed by atoms with Gasteiger partial charge in [-0.1, -0.05) is 35.0 Å². The van der Waals surface area contributed by atoms with Crippen LogP contribution in [0.3, 0.4) is 0 Å². The lowest BCUT2D eigenvalue weighted by Crippen LogP contribution is -2.46. The van der Waals surface area contributed by atoms with E-state index in [9.17, 15) is 9.59 Å². The lowest BCUT2D eigenvalue weighted by atomic mass is 10.2. The number of likely N-dealkylation sites (N-methyl/N-ethyl adjacent to an activating group) is 1. The van der Waals surface area contributed by atoms with Crippen LogP contribution in [0, 0.1) is 0 Å². The summed E-state index contributed by atoms with van der Waals surface area (Å²) in [6, 6.07) is 6.36. The van der Waals surface area contributed by atoms with E-state index in [-0.39, 0.29) is 0 Å². The minimum absolute atomic E-state index is 0.360. The molecule has 2 N–H and O–H groups in total. The van der Waals surface area contributed by atoms with Gasteiger partial charge in [0.05, 0.1) is 0 Å². The van der Waals surface area contributed by atoms with Gasteiger partial charge in [0.2, 0.25) is 0 Å². The largest absolute Gasteiger partial charge is 0.480 e. The van der Waals surface area contributed by atoms with Crippen molar-refractivity contribution in [3.63, 3.8) is 0 Å². The lowest BCUT2D eigenvalue weighted by Gasteiger charge is -2.24. The number of nitrogens with one attached hydrogen (secondary N) is 1. The van der Waals surface area contributed by atoms with Crippen molar-refractivity contribution < 1.29 is 14.7 Å². The van der Waals surface area contributed by atoms with Crippen LogP contribution in [0.5, 0.6) is 0 Å². The number of carboxylic acids is 1. The van der Waals surface area contributed by atoms with Gasteiger partial charge < -0.3 is 15.3 Å². The Bertz CT molecular complexity index is 465. The predicted molar refractivity (Wildman–Crippen MR) is 75.9 cm³/mol. The first kappa shape index (κ1) is 15.5. The first-order valence-corrected chi connectivity index (χ1v) is 6.73. The molecule has 0 aliphatic heterocycles. The van der Waals surface area contributed by atoms with Crippen molar-refractivity contribution in [1.29, 1.82) is 0 Å². The molecule has 6 heteroatoms. The standard InChI is InChI=1S/C13H17BrN2O3/c1-3-11(12(17)18)16(2)13(19)15-8-9-5-4-6-10(14)7-9/h4-7,11H,3,8H2,1-2H3,(H,15,19)(H,17,18). The second kappa shape index (κ2) is 7.13. The number of rotatable bonds is 5. The van der Waals surface area contributed by atoms with E-state index in [0.29, 0.717) is 13.0 Å². The number of urea groups is 1. The van der Waals surface area contributed by atoms with E-state index < -0.39 is 18.0 Å². The Kier molecular flexibility index (Phi) is 5.82. The first-order chi connectivity index (χ1) is 8.95. The molecule has 19 heavy (non-hydrogen) atoms. The maximum absolute atomic E-state index is 11.8. The fraction of sp³-hybridized carbons (Fsp3) is 0.385. The molecule has 0 saturated heterocycles. The third-order valence-electron chi connectivity index (χ3n) is 2.79. The topological polar surface area (TPSA) is 69.6 Å². The number of carboxylic acid groups (broad SMARTS) is 1. The number of halogens is 1. The van der Waals surface area contributed by atoms with Crippen LogP contribution in [0.15, 0.2) is 28.7 Å². The number of carbonyl (C=O) groups excluding carboxylic acids is 1. The Balaban J connectivity index is 2.57. The molecule has 0 aliphatic rings. The first-order valence-electron chi connectivity index (χ1n) is 5.93. The van der Waals surface area contributed by atoms with Crippen molar-refractivity contribution in [2.75, 3.05) is 7.05 Å². The van der Waals surface area contributed by atoms with Gasteiger partial charge in [-0.25, -0.2) is 9.59 Å². The van der Waals surface area contributed by atoms with Crippen LogP contribution in [0.25, 0.3) is 0 Å². The van der Waals surface area contributed by atoms with E-state index >= 15 is 0 Å². The van der Waals surface area contributed by atoms with E-state index in [0.717, 1.165) is 10.0 Å². The summed E-state index contributed by atoms with van der Waals surface area (Å²) < 4.78 is 0.935. The second-order valence-corrected chi connectivity index (χ2v) is 5.08. The highest BCUT2D eigenvalue weighted by molar-refractivity contribution is 9.10. The number of hydrogen-bond acceptors (Lipinski definition) is 2. The molecule has 1 rings (SSSR count). The van der Waals surface area contributed by atoms with Gasteiger partial charge in [0, 0.05) is 18.1 Å². The molecule has 0 aliphatic carbocycles. The number of carbonyl (C=O) groups is 2. The minimum atomic E-state index is -0.998. The lowest BCUT2D eigenvalue weighted by molar-refractivity contribution is -0.141. The number of benzene rings is 1. The zero-order valence-electron chi connectivity index (χ0n) is 10.9. The van der Waals surface area contributed by atoms with Gasteiger partial charge in [-0.3, -0.25) is 0 Å². The molecular formula is C13H17BrN2O3. The van der Waals surface area contributed by atoms with Gasteiger partial charge in [0.1, 0.15) is 6.04 Å². The Labute approximate surface area is 120 Å². The summed E-state index contributed by atoms with van der Waals surface area (Å²) in [7, 11) is 1.48. The van der Waals surface area contributed by atoms with Crippen LogP contribution in [-0.2, 0) is 11.3 Å². The number of amides is 2. The summed E-state index contributed by atoms with van der Waals surface area (Å²) in [6.07, 6.45) is 0.371. The molecule has 1 atom stereocenters. The third kappa shape index (κ3) is 4.55. The Morgan fingerprint density at radius 3 is 2.68 bits per heavy atom. The smallest absolute Gasteiger partial charge is 0.326 e. The van der Waals surface area contributed by atoms with Crippen LogP contribution in [0.1, 0.15) is 18.9 Å². The number of nitrogens with zero attached hydrogens (tertiary/aromatic N) is 1. The summed E-state index contributed by atoms with van der Waals surface area (Å²) in [5.74, 6) is -0.998. The fourth-order valence-corrected chi connectivity index (χ4v) is 2.15. The van der Waals surface area contributed by atoms with Gasteiger partial charge in [-0.15, -0.1) is 0 Å². The molecule has 2 amide bonds. The molecule has 5 nitrogen and oxygen atoms in total. The molecule has 0 fully saturated rings. The van der Waals surface area contributed by atoms with E-state index in [1.807, 2.05) is 24.3 Å². The van der Waals surface area contributed by atoms with Crippen LogP contribution in [-0.4, -0.2) is 35.1 Å². The molecule has 0 saturated carbocycles. The minimum Gasteiger partial charge on any atom is -0.480 e. The Morgan fingerprint density at radius 2 is 2.16 bits per heavy atom. The van der Waals surface area contributed by atoms with Gasteiger partial charge >= 0.3 is 12.0 Å². The second-order valence-electron chi connectivity index (χ2n) is 4.16. The summed E-state index contributed by atoms with van der Waals surface area (Å²) in [6.45, 7) is 2.09. The molecule has 1 unspecified atom stereocenters. The zero-order chi connectivity index (χ0) is 14.4. The van der Waals surface area contributed by atoms with Gasteiger partial charge in [0.25, 0.3) is 0 Å². The van der Waals surface area contributed by atoms with E-state index in [4.69, 9.17) is 5.11 Å². The molecule has 1 aromatic carbocycles. The normalized spacial score (nSPS) is 11.7. The van der Waals surface area contributed by atoms with Crippen LogP contribution >= 0.6 is 15.9 Å². The molecule has 0 bridgehead atoms. The van der Waals surface area contributed by atoms with Crippen LogP contribution in [0.2, 0.25) is 0 Å². The number of hydrogen-bond donors (Lipinski definition) is 2. The molecule has 0 spiro atoms. The summed E-state index contributed by atoms with van der Waals surface area (Å²) in [4.78, 5) is 24.0. The van der Waals surface area contributed by atoms with E-state index in [1.54, 1.807) is 6.92 Å². The maximum Gasteiger partial charge on any atom is 0.326 e. The predicted octanol–water partition coefficient (Wildman–Crippen LogP) is 2.45. The number of aliphatic carboxylic acids is 1. The SMILES string of the molecule is CCC(C(=O)O)N(C)C(=O)NCc1cccc(Br)c1. The van der Waals surface area contributed by atoms with Gasteiger partial charge in [0.15, 0.2) is 0 Å². The van der Waals surface area contributed by atoms with Crippen molar-refractivity contribution in [2.45, 2.75) is 25.9 Å². The molecule has 0 aromatic heterocycles. The van der Waals surface area contributed by atoms with E-state index in [1.165, 1.54) is 11.9 Å². The van der Waals surface area contributed by atoms with Gasteiger partial charge in [-0.05, 0) is 24.1 Å². The summed E-state index contributed by atoms with van der Waals surface area (Å²) in [5.41, 5.74) is 0.944. The molecule has 0 heterocycles. The average molecular weight is 329 g/mol. The van der Waals surface area contributed by atoms with Crippen molar-refractivity contribution in [1.82, 2.24) is 10.2 Å². The molecule has 0 radical (unpaired) electrons. The Morgan fingerprint density at radius 1 is 1.47 bits per heavy atom. The maximum atomic E-state index is 11.8. The van der Waals surface area contributed by atoms with Crippen LogP contribution in [0.4, 0.5) is 4.79 Å². The van der Waals surface area contributed by atoms with Crippen molar-refractivity contribution >= 4 is 27.9 Å². The monoisotopic (exact) mass is 328 g/mol. The third-order valence-corrected chi connectivity index (χ3v) is 3.29. The van der Waals surface area contributed by atoms with Crippen molar-refractivity contribution in [3.8, 4) is 0 Å². The molecule has 104 valence electrons. The van der Waals surface area contributed by atoms with Gasteiger partial charge in [-0.2, -0.15) is 0 Å². The average Bonchev–Trinajstić information content (AvgIpc) is 2.36. The summed E-state index contributed by atoms with van der Waals surface area (Å²) >= 11 is 3.35. The molecule has 1 aromatic rings. The fourth-order valence-electron chi connectivity index (χ4n) is 1.70. The highest BCUT2D eigenvalue weighted by atomic mass is 79.9. The van der Waals surface area contributed by atoms with E-state index in [2.05, 4.69) is 21.2 Å². The van der Waals surface area contributed by atoms with Crippen molar-refractivity contribution in [3.05, 3.63) is 34.3 Å². The Hall–Kier alpha value is -1.56. The highest BCUT2D eigenvalue weighted by Crippen LogP contribution is 2.11. The highest BCUT2D eigenvalue weighted by Gasteiger charge is 2.24. The quantitative estimate of drug-likeness (QED) is 0.872. The summed E-state index contributed by atoms with van der Waals surface area (Å²) in [5, 5.41) is 11.7. The molecular weight excluding hydrogens is 312 g/mol. The zero-order valence-corrected chi connectivity index (χ0v) is 12.5. The van der Waals surface area contributed by atoms with Crippen molar-refractivity contribution in [2.24, 2.45) is 0 Å². The van der Waals surface area contributed by atoms with Crippen LogP contribution < -0.4 is 5.32 Å².